The van der Waals surface area contributed by atoms with Crippen LogP contribution < -0.4 is 4.74 Å². The highest BCUT2D eigenvalue weighted by molar-refractivity contribution is 5.26. The van der Waals surface area contributed by atoms with Crippen molar-refractivity contribution in [3.05, 3.63) is 65.7 Å². The van der Waals surface area contributed by atoms with Gasteiger partial charge in [-0.2, -0.15) is 0 Å². The average Bonchev–Trinajstić information content (AvgIpc) is 2.72. The van der Waals surface area contributed by atoms with Gasteiger partial charge < -0.3 is 9.47 Å². The minimum atomic E-state index is 0.619. The molecule has 0 aliphatic rings. The third kappa shape index (κ3) is 14.5. The number of hydrogen-bond acceptors (Lipinski definition) is 2. The summed E-state index contributed by atoms with van der Waals surface area (Å²) in [6.07, 6.45) is 1.09. The molecule has 0 saturated carbocycles. The summed E-state index contributed by atoms with van der Waals surface area (Å²) in [5.41, 5.74) is 2.60. The van der Waals surface area contributed by atoms with E-state index in [9.17, 15) is 0 Å². The second kappa shape index (κ2) is 19.5. The van der Waals surface area contributed by atoms with Crippen molar-refractivity contribution in [3.8, 4) is 5.75 Å². The zero-order valence-electron chi connectivity index (χ0n) is 18.2. The highest BCUT2D eigenvalue weighted by Gasteiger charge is 1.94. The standard InChI is InChI=1S/C11H16O.C9H12O.2C2H6/c1-10(2)8-12-9-11-6-4-3-5-7-11;1-3-8-4-6-9(10-2)7-5-8;2*1-2/h3-7,10H,8-9H2,1-2H3;4-7H,3H2,1-2H3;2*1-2H3. The summed E-state index contributed by atoms with van der Waals surface area (Å²) >= 11 is 0. The van der Waals surface area contributed by atoms with E-state index in [1.807, 2.05) is 58.0 Å². The minimum absolute atomic E-state index is 0.619. The summed E-state index contributed by atoms with van der Waals surface area (Å²) in [5.74, 6) is 1.55. The van der Waals surface area contributed by atoms with E-state index in [1.54, 1.807) is 7.11 Å². The molecular weight excluding hydrogens is 320 g/mol. The molecule has 2 aromatic rings. The lowest BCUT2D eigenvalue weighted by Crippen LogP contribution is -2.01. The van der Waals surface area contributed by atoms with Gasteiger partial charge in [-0.25, -0.2) is 0 Å². The number of methoxy groups -OCH3 is 1. The monoisotopic (exact) mass is 360 g/mol. The molecule has 148 valence electrons. The molecule has 0 fully saturated rings. The maximum absolute atomic E-state index is 5.48. The van der Waals surface area contributed by atoms with Gasteiger partial charge in [-0.15, -0.1) is 0 Å². The Bertz CT molecular complexity index is 466. The van der Waals surface area contributed by atoms with Crippen molar-refractivity contribution in [2.45, 2.75) is 61.5 Å². The molecule has 0 unspecified atom stereocenters. The maximum atomic E-state index is 5.48. The van der Waals surface area contributed by atoms with Gasteiger partial charge >= 0.3 is 0 Å². The fourth-order valence-corrected chi connectivity index (χ4v) is 1.85. The van der Waals surface area contributed by atoms with Crippen LogP contribution in [0.15, 0.2) is 54.6 Å². The van der Waals surface area contributed by atoms with E-state index in [4.69, 9.17) is 9.47 Å². The first-order valence-electron chi connectivity index (χ1n) is 9.90. The van der Waals surface area contributed by atoms with Crippen LogP contribution >= 0.6 is 0 Å². The van der Waals surface area contributed by atoms with Crippen molar-refractivity contribution in [2.75, 3.05) is 13.7 Å². The molecule has 0 aliphatic carbocycles. The Labute approximate surface area is 162 Å². The van der Waals surface area contributed by atoms with Crippen molar-refractivity contribution in [1.82, 2.24) is 0 Å². The largest absolute Gasteiger partial charge is 0.497 e. The van der Waals surface area contributed by atoms with E-state index in [1.165, 1.54) is 11.1 Å². The van der Waals surface area contributed by atoms with Gasteiger partial charge in [0.25, 0.3) is 0 Å². The van der Waals surface area contributed by atoms with Crippen LogP contribution in [-0.4, -0.2) is 13.7 Å². The van der Waals surface area contributed by atoms with Gasteiger partial charge in [-0.05, 0) is 35.6 Å². The summed E-state index contributed by atoms with van der Waals surface area (Å²) in [4.78, 5) is 0. The minimum Gasteiger partial charge on any atom is -0.497 e. The topological polar surface area (TPSA) is 18.5 Å². The van der Waals surface area contributed by atoms with Gasteiger partial charge in [0.2, 0.25) is 0 Å². The van der Waals surface area contributed by atoms with E-state index < -0.39 is 0 Å². The summed E-state index contributed by atoms with van der Waals surface area (Å²) in [5, 5.41) is 0. The third-order valence-corrected chi connectivity index (χ3v) is 3.13. The van der Waals surface area contributed by atoms with Gasteiger partial charge in [0.05, 0.1) is 13.7 Å². The highest BCUT2D eigenvalue weighted by Crippen LogP contribution is 2.10. The molecule has 0 atom stereocenters. The SMILES string of the molecule is CC.CC.CC(C)COCc1ccccc1.CCc1ccc(OC)cc1. The van der Waals surface area contributed by atoms with Crippen molar-refractivity contribution < 1.29 is 9.47 Å². The zero-order valence-corrected chi connectivity index (χ0v) is 18.2. The van der Waals surface area contributed by atoms with Crippen LogP contribution in [0.2, 0.25) is 0 Å². The molecule has 2 heteroatoms. The Hall–Kier alpha value is -1.80. The molecule has 2 rings (SSSR count). The zero-order chi connectivity index (χ0) is 20.2. The molecule has 0 spiro atoms. The molecule has 0 radical (unpaired) electrons. The molecule has 0 aromatic heterocycles. The van der Waals surface area contributed by atoms with Crippen LogP contribution in [0.1, 0.15) is 59.6 Å². The average molecular weight is 361 g/mol. The van der Waals surface area contributed by atoms with Crippen molar-refractivity contribution >= 4 is 0 Å². The number of hydrogen-bond donors (Lipinski definition) is 0. The molecule has 0 amide bonds. The van der Waals surface area contributed by atoms with E-state index in [-0.39, 0.29) is 0 Å². The van der Waals surface area contributed by atoms with Crippen LogP contribution in [0.3, 0.4) is 0 Å². The lowest BCUT2D eigenvalue weighted by molar-refractivity contribution is 0.0971. The number of rotatable bonds is 6. The second-order valence-electron chi connectivity index (χ2n) is 5.60. The van der Waals surface area contributed by atoms with E-state index in [0.717, 1.165) is 25.4 Å². The fraction of sp³-hybridized carbons (Fsp3) is 0.500. The normalized spacial score (nSPS) is 8.96. The van der Waals surface area contributed by atoms with E-state index in [2.05, 4.69) is 45.0 Å². The molecule has 26 heavy (non-hydrogen) atoms. The Morgan fingerprint density at radius 2 is 1.31 bits per heavy atom. The molecule has 0 heterocycles. The first-order chi connectivity index (χ1) is 12.7. The predicted molar refractivity (Wildman–Crippen MR) is 116 cm³/mol. The summed E-state index contributed by atoms with van der Waals surface area (Å²) < 4.78 is 10.5. The molecule has 0 aliphatic heterocycles. The third-order valence-electron chi connectivity index (χ3n) is 3.13. The smallest absolute Gasteiger partial charge is 0.118 e. The van der Waals surface area contributed by atoms with Crippen LogP contribution in [-0.2, 0) is 17.8 Å². The summed E-state index contributed by atoms with van der Waals surface area (Å²) in [6, 6.07) is 18.4. The van der Waals surface area contributed by atoms with Crippen LogP contribution in [0.25, 0.3) is 0 Å². The van der Waals surface area contributed by atoms with Crippen LogP contribution in [0, 0.1) is 5.92 Å². The molecule has 0 bridgehead atoms. The maximum Gasteiger partial charge on any atom is 0.118 e. The van der Waals surface area contributed by atoms with Crippen molar-refractivity contribution in [2.24, 2.45) is 5.92 Å². The van der Waals surface area contributed by atoms with E-state index >= 15 is 0 Å². The van der Waals surface area contributed by atoms with Crippen LogP contribution in [0.5, 0.6) is 5.75 Å². The Balaban J connectivity index is 0. The molecule has 0 N–H and O–H groups in total. The van der Waals surface area contributed by atoms with Crippen molar-refractivity contribution in [3.63, 3.8) is 0 Å². The number of aryl methyl sites for hydroxylation is 1. The summed E-state index contributed by atoms with van der Waals surface area (Å²) in [7, 11) is 1.68. The second-order valence-corrected chi connectivity index (χ2v) is 5.60. The Kier molecular flexibility index (Phi) is 19.8. The van der Waals surface area contributed by atoms with Gasteiger partial charge in [0, 0.05) is 6.61 Å². The summed E-state index contributed by atoms with van der Waals surface area (Å²) in [6.45, 7) is 16.0. The first-order valence-corrected chi connectivity index (χ1v) is 9.90. The number of benzene rings is 2. The Morgan fingerprint density at radius 3 is 1.73 bits per heavy atom. The van der Waals surface area contributed by atoms with Gasteiger partial charge in [-0.1, -0.05) is 90.9 Å². The Morgan fingerprint density at radius 1 is 0.769 bits per heavy atom. The molecule has 2 nitrogen and oxygen atoms in total. The predicted octanol–water partition coefficient (Wildman–Crippen LogP) is 7.17. The van der Waals surface area contributed by atoms with Gasteiger partial charge in [0.15, 0.2) is 0 Å². The van der Waals surface area contributed by atoms with E-state index in [0.29, 0.717) is 5.92 Å². The molecular formula is C24H40O2. The molecule has 2 aromatic carbocycles. The van der Waals surface area contributed by atoms with Crippen LogP contribution in [0.4, 0.5) is 0 Å². The first kappa shape index (κ1) is 26.4. The highest BCUT2D eigenvalue weighted by atomic mass is 16.5. The molecule has 0 saturated heterocycles. The lowest BCUT2D eigenvalue weighted by Gasteiger charge is -2.05. The van der Waals surface area contributed by atoms with Gasteiger partial charge in [-0.3, -0.25) is 0 Å². The quantitative estimate of drug-likeness (QED) is 0.543. The fourth-order valence-electron chi connectivity index (χ4n) is 1.85. The number of ether oxygens (including phenoxy) is 2. The lowest BCUT2D eigenvalue weighted by atomic mass is 10.2. The van der Waals surface area contributed by atoms with Gasteiger partial charge in [0.1, 0.15) is 5.75 Å². The van der Waals surface area contributed by atoms with Crippen molar-refractivity contribution in [1.29, 1.82) is 0 Å².